The molecule has 0 radical (unpaired) electrons. The summed E-state index contributed by atoms with van der Waals surface area (Å²) < 4.78 is 32.0. The van der Waals surface area contributed by atoms with Gasteiger partial charge in [-0.15, -0.1) is 0 Å². The fourth-order valence-corrected chi connectivity index (χ4v) is 1.99. The molecular formula is C16H19F2N3O2. The monoisotopic (exact) mass is 323 g/mol. The number of carbonyl (C=O) groups is 1. The molecule has 1 atom stereocenters. The Morgan fingerprint density at radius 1 is 1.43 bits per heavy atom. The molecule has 0 fully saturated rings. The van der Waals surface area contributed by atoms with Crippen LogP contribution in [0.15, 0.2) is 28.8 Å². The summed E-state index contributed by atoms with van der Waals surface area (Å²) in [6.45, 7) is 2.39. The standard InChI is InChI=1S/C16H19F2N3O2/c1-10(19)6-7-20-15(22)4-5-16-21-9-14(23-16)12-3-2-11(17)8-13(12)18/h2-3,8-10H,4-7,19H2,1H3,(H,20,22). The Hall–Kier alpha value is -2.28. The largest absolute Gasteiger partial charge is 0.441 e. The van der Waals surface area contributed by atoms with Gasteiger partial charge in [-0.25, -0.2) is 13.8 Å². The van der Waals surface area contributed by atoms with Crippen molar-refractivity contribution < 1.29 is 18.0 Å². The van der Waals surface area contributed by atoms with Gasteiger partial charge in [-0.3, -0.25) is 4.79 Å². The molecule has 1 heterocycles. The lowest BCUT2D eigenvalue weighted by Crippen LogP contribution is -2.29. The molecule has 1 aromatic carbocycles. The van der Waals surface area contributed by atoms with E-state index in [1.165, 1.54) is 12.3 Å². The van der Waals surface area contributed by atoms with Gasteiger partial charge < -0.3 is 15.5 Å². The van der Waals surface area contributed by atoms with Gasteiger partial charge in [0.05, 0.1) is 11.8 Å². The highest BCUT2D eigenvalue weighted by molar-refractivity contribution is 5.76. The Kier molecular flexibility index (Phi) is 5.81. The van der Waals surface area contributed by atoms with E-state index in [1.807, 2.05) is 6.92 Å². The third-order valence-corrected chi connectivity index (χ3v) is 3.24. The van der Waals surface area contributed by atoms with E-state index in [-0.39, 0.29) is 29.7 Å². The number of nitrogens with two attached hydrogens (primary N) is 1. The molecule has 3 N–H and O–H groups in total. The second kappa shape index (κ2) is 7.82. The van der Waals surface area contributed by atoms with Crippen LogP contribution >= 0.6 is 0 Å². The van der Waals surface area contributed by atoms with Gasteiger partial charge in [0.1, 0.15) is 11.6 Å². The summed E-state index contributed by atoms with van der Waals surface area (Å²) in [6.07, 6.45) is 2.58. The minimum atomic E-state index is -0.721. The van der Waals surface area contributed by atoms with Crippen LogP contribution in [0.3, 0.4) is 0 Å². The molecule has 0 spiro atoms. The van der Waals surface area contributed by atoms with Gasteiger partial charge in [0.25, 0.3) is 0 Å². The lowest BCUT2D eigenvalue weighted by molar-refractivity contribution is -0.121. The first-order valence-electron chi connectivity index (χ1n) is 7.38. The van der Waals surface area contributed by atoms with Crippen molar-refractivity contribution in [2.24, 2.45) is 5.73 Å². The SMILES string of the molecule is CC(N)CCNC(=O)CCc1ncc(-c2ccc(F)cc2F)o1. The Morgan fingerprint density at radius 3 is 2.91 bits per heavy atom. The molecule has 1 unspecified atom stereocenters. The summed E-state index contributed by atoms with van der Waals surface area (Å²) >= 11 is 0. The number of rotatable bonds is 7. The first kappa shape index (κ1) is 17.1. The predicted octanol–water partition coefficient (Wildman–Crippen LogP) is 2.41. The third-order valence-electron chi connectivity index (χ3n) is 3.24. The number of amides is 1. The number of nitrogens with one attached hydrogen (secondary N) is 1. The highest BCUT2D eigenvalue weighted by Gasteiger charge is 2.13. The second-order valence-corrected chi connectivity index (χ2v) is 5.36. The molecule has 2 aromatic rings. The first-order chi connectivity index (χ1) is 11.0. The molecule has 0 bridgehead atoms. The molecule has 124 valence electrons. The molecule has 5 nitrogen and oxygen atoms in total. The molecular weight excluding hydrogens is 304 g/mol. The van der Waals surface area contributed by atoms with Crippen LogP contribution < -0.4 is 11.1 Å². The third kappa shape index (κ3) is 5.14. The summed E-state index contributed by atoms with van der Waals surface area (Å²) in [4.78, 5) is 15.7. The zero-order valence-electron chi connectivity index (χ0n) is 12.8. The maximum atomic E-state index is 13.7. The Morgan fingerprint density at radius 2 is 2.22 bits per heavy atom. The number of carbonyl (C=O) groups excluding carboxylic acids is 1. The van der Waals surface area contributed by atoms with Gasteiger partial charge in [-0.05, 0) is 25.5 Å². The highest BCUT2D eigenvalue weighted by atomic mass is 19.1. The molecule has 0 aliphatic carbocycles. The number of oxazole rings is 1. The Bertz CT molecular complexity index is 671. The average Bonchev–Trinajstić information content (AvgIpc) is 2.93. The van der Waals surface area contributed by atoms with Crippen molar-refractivity contribution >= 4 is 5.91 Å². The van der Waals surface area contributed by atoms with Crippen molar-refractivity contribution in [3.8, 4) is 11.3 Å². The van der Waals surface area contributed by atoms with E-state index in [2.05, 4.69) is 10.3 Å². The zero-order valence-corrected chi connectivity index (χ0v) is 12.8. The second-order valence-electron chi connectivity index (χ2n) is 5.36. The van der Waals surface area contributed by atoms with E-state index in [9.17, 15) is 13.6 Å². The van der Waals surface area contributed by atoms with Crippen molar-refractivity contribution in [1.29, 1.82) is 0 Å². The average molecular weight is 323 g/mol. The quantitative estimate of drug-likeness (QED) is 0.820. The van der Waals surface area contributed by atoms with Crippen LogP contribution in [0, 0.1) is 11.6 Å². The van der Waals surface area contributed by atoms with Crippen molar-refractivity contribution in [3.63, 3.8) is 0 Å². The molecule has 1 aromatic heterocycles. The summed E-state index contributed by atoms with van der Waals surface area (Å²) in [7, 11) is 0. The fourth-order valence-electron chi connectivity index (χ4n) is 1.99. The van der Waals surface area contributed by atoms with E-state index < -0.39 is 11.6 Å². The minimum Gasteiger partial charge on any atom is -0.441 e. The maximum Gasteiger partial charge on any atom is 0.220 e. The molecule has 1 amide bonds. The van der Waals surface area contributed by atoms with Crippen molar-refractivity contribution in [1.82, 2.24) is 10.3 Å². The van der Waals surface area contributed by atoms with Crippen molar-refractivity contribution in [3.05, 3.63) is 41.9 Å². The van der Waals surface area contributed by atoms with Gasteiger partial charge in [0.15, 0.2) is 11.7 Å². The van der Waals surface area contributed by atoms with Crippen LogP contribution in [0.4, 0.5) is 8.78 Å². The lowest BCUT2D eigenvalue weighted by Gasteiger charge is -2.06. The Balaban J connectivity index is 1.88. The van der Waals surface area contributed by atoms with Crippen molar-refractivity contribution in [2.75, 3.05) is 6.54 Å². The Labute approximate surface area is 132 Å². The maximum absolute atomic E-state index is 13.7. The molecule has 2 rings (SSSR count). The summed E-state index contributed by atoms with van der Waals surface area (Å²) in [6, 6.07) is 3.25. The van der Waals surface area contributed by atoms with Crippen LogP contribution in [-0.4, -0.2) is 23.5 Å². The number of halogens is 2. The van der Waals surface area contributed by atoms with Gasteiger partial charge in [-0.2, -0.15) is 0 Å². The highest BCUT2D eigenvalue weighted by Crippen LogP contribution is 2.24. The first-order valence-corrected chi connectivity index (χ1v) is 7.38. The van der Waals surface area contributed by atoms with Crippen LogP contribution in [-0.2, 0) is 11.2 Å². The number of benzene rings is 1. The van der Waals surface area contributed by atoms with Gasteiger partial charge in [0, 0.05) is 31.5 Å². The predicted molar refractivity (Wildman–Crippen MR) is 81.5 cm³/mol. The summed E-state index contributed by atoms with van der Waals surface area (Å²) in [5, 5.41) is 2.75. The lowest BCUT2D eigenvalue weighted by atomic mass is 10.2. The van der Waals surface area contributed by atoms with Crippen LogP contribution in [0.5, 0.6) is 0 Å². The van der Waals surface area contributed by atoms with Gasteiger partial charge in [0.2, 0.25) is 5.91 Å². The van der Waals surface area contributed by atoms with Gasteiger partial charge >= 0.3 is 0 Å². The minimum absolute atomic E-state index is 0.0372. The zero-order chi connectivity index (χ0) is 16.8. The fraction of sp³-hybridized carbons (Fsp3) is 0.375. The summed E-state index contributed by atoms with van der Waals surface area (Å²) in [5.74, 6) is -0.977. The molecule has 7 heteroatoms. The number of nitrogens with zero attached hydrogens (tertiary/aromatic N) is 1. The number of aryl methyl sites for hydroxylation is 1. The molecule has 0 aliphatic heterocycles. The van der Waals surface area contributed by atoms with E-state index in [0.717, 1.165) is 12.1 Å². The topological polar surface area (TPSA) is 81.1 Å². The van der Waals surface area contributed by atoms with E-state index >= 15 is 0 Å². The van der Waals surface area contributed by atoms with E-state index in [4.69, 9.17) is 10.2 Å². The normalized spacial score (nSPS) is 12.2. The molecule has 0 aliphatic rings. The van der Waals surface area contributed by atoms with E-state index in [1.54, 1.807) is 0 Å². The number of aromatic nitrogens is 1. The van der Waals surface area contributed by atoms with Crippen LogP contribution in [0.2, 0.25) is 0 Å². The summed E-state index contributed by atoms with van der Waals surface area (Å²) in [5.41, 5.74) is 5.72. The van der Waals surface area contributed by atoms with Crippen LogP contribution in [0.1, 0.15) is 25.7 Å². The molecule has 23 heavy (non-hydrogen) atoms. The number of hydrogen-bond acceptors (Lipinski definition) is 4. The van der Waals surface area contributed by atoms with E-state index in [0.29, 0.717) is 25.3 Å². The molecule has 0 saturated heterocycles. The van der Waals surface area contributed by atoms with Crippen molar-refractivity contribution in [2.45, 2.75) is 32.2 Å². The molecule has 0 saturated carbocycles. The number of hydrogen-bond donors (Lipinski definition) is 2. The smallest absolute Gasteiger partial charge is 0.220 e. The van der Waals surface area contributed by atoms with Crippen LogP contribution in [0.25, 0.3) is 11.3 Å². The van der Waals surface area contributed by atoms with Gasteiger partial charge in [-0.1, -0.05) is 0 Å².